The number of pyridine rings is 1. The maximum absolute atomic E-state index is 9.61. The number of aliphatic hydroxyl groups is 1. The lowest BCUT2D eigenvalue weighted by atomic mass is 9.93. The summed E-state index contributed by atoms with van der Waals surface area (Å²) in [6.45, 7) is 0. The van der Waals surface area contributed by atoms with E-state index in [1.54, 1.807) is 6.20 Å². The van der Waals surface area contributed by atoms with Crippen LogP contribution < -0.4 is 5.32 Å². The number of rotatable bonds is 3. The Morgan fingerprint density at radius 3 is 2.74 bits per heavy atom. The van der Waals surface area contributed by atoms with Gasteiger partial charge in [0, 0.05) is 24.0 Å². The normalized spacial score (nSPS) is 21.4. The Balaban J connectivity index is 1.62. The number of anilines is 1. The van der Waals surface area contributed by atoms with Crippen LogP contribution in [0.25, 0.3) is 16.9 Å². The number of hydrogen-bond acceptors (Lipinski definition) is 5. The Morgan fingerprint density at radius 2 is 1.96 bits per heavy atom. The Hall–Kier alpha value is -2.47. The van der Waals surface area contributed by atoms with E-state index in [-0.39, 0.29) is 6.10 Å². The molecule has 23 heavy (non-hydrogen) atoms. The molecule has 3 aromatic heterocycles. The van der Waals surface area contributed by atoms with Crippen LogP contribution in [-0.2, 0) is 0 Å². The lowest BCUT2D eigenvalue weighted by Gasteiger charge is -2.26. The predicted octanol–water partition coefficient (Wildman–Crippen LogP) is 2.51. The van der Waals surface area contributed by atoms with Crippen molar-refractivity contribution in [3.05, 3.63) is 42.9 Å². The molecule has 1 aliphatic carbocycles. The van der Waals surface area contributed by atoms with Gasteiger partial charge in [0.05, 0.1) is 18.0 Å². The van der Waals surface area contributed by atoms with E-state index in [1.807, 2.05) is 41.2 Å². The molecule has 0 spiro atoms. The van der Waals surface area contributed by atoms with E-state index < -0.39 is 0 Å². The molecule has 0 unspecified atom stereocenters. The van der Waals surface area contributed by atoms with E-state index in [4.69, 9.17) is 0 Å². The van der Waals surface area contributed by atoms with Crippen LogP contribution in [0.15, 0.2) is 42.9 Å². The topological polar surface area (TPSA) is 75.3 Å². The molecule has 0 radical (unpaired) electrons. The second-order valence-electron chi connectivity index (χ2n) is 6.02. The van der Waals surface area contributed by atoms with Crippen molar-refractivity contribution in [3.8, 4) is 11.3 Å². The number of imidazole rings is 1. The van der Waals surface area contributed by atoms with Gasteiger partial charge in [0.25, 0.3) is 0 Å². The number of aliphatic hydroxyl groups excluding tert-OH is 1. The molecule has 6 heteroatoms. The van der Waals surface area contributed by atoms with Gasteiger partial charge in [-0.15, -0.1) is 5.10 Å². The van der Waals surface area contributed by atoms with Gasteiger partial charge in [-0.05, 0) is 49.9 Å². The Labute approximate surface area is 134 Å². The molecule has 1 saturated carbocycles. The van der Waals surface area contributed by atoms with Gasteiger partial charge < -0.3 is 10.4 Å². The SMILES string of the molecule is OC1CCC(Nc2ccc3ncc(-c4cccnc4)n3n2)CC1. The standard InChI is InChI=1S/C17H19N5O/c23-14-5-3-13(4-6-14)20-16-7-8-17-19-11-15(22(17)21-16)12-2-1-9-18-10-12/h1-2,7-11,13-14,23H,3-6H2,(H,20,21). The molecule has 4 rings (SSSR count). The van der Waals surface area contributed by atoms with Crippen LogP contribution >= 0.6 is 0 Å². The van der Waals surface area contributed by atoms with E-state index in [2.05, 4.69) is 20.4 Å². The fraction of sp³-hybridized carbons (Fsp3) is 0.353. The summed E-state index contributed by atoms with van der Waals surface area (Å²) in [6, 6.07) is 8.20. The van der Waals surface area contributed by atoms with Gasteiger partial charge in [0.15, 0.2) is 5.65 Å². The minimum atomic E-state index is -0.144. The second-order valence-corrected chi connectivity index (χ2v) is 6.02. The lowest BCUT2D eigenvalue weighted by Crippen LogP contribution is -2.28. The van der Waals surface area contributed by atoms with Gasteiger partial charge in [0.1, 0.15) is 5.82 Å². The van der Waals surface area contributed by atoms with E-state index >= 15 is 0 Å². The van der Waals surface area contributed by atoms with Crippen molar-refractivity contribution < 1.29 is 5.11 Å². The fourth-order valence-corrected chi connectivity index (χ4v) is 3.09. The van der Waals surface area contributed by atoms with E-state index in [1.165, 1.54) is 0 Å². The van der Waals surface area contributed by atoms with Gasteiger partial charge in [-0.3, -0.25) is 4.98 Å². The second kappa shape index (κ2) is 5.96. The van der Waals surface area contributed by atoms with Crippen molar-refractivity contribution in [3.63, 3.8) is 0 Å². The Bertz CT molecular complexity index is 793. The zero-order valence-electron chi connectivity index (χ0n) is 12.8. The molecule has 0 atom stereocenters. The van der Waals surface area contributed by atoms with Gasteiger partial charge in [-0.25, -0.2) is 9.50 Å². The number of nitrogens with zero attached hydrogens (tertiary/aromatic N) is 4. The minimum Gasteiger partial charge on any atom is -0.393 e. The van der Waals surface area contributed by atoms with Crippen LogP contribution in [0.2, 0.25) is 0 Å². The van der Waals surface area contributed by atoms with Crippen LogP contribution in [-0.4, -0.2) is 36.8 Å². The van der Waals surface area contributed by atoms with Crippen molar-refractivity contribution in [2.75, 3.05) is 5.32 Å². The minimum absolute atomic E-state index is 0.144. The highest BCUT2D eigenvalue weighted by atomic mass is 16.3. The molecule has 1 fully saturated rings. The predicted molar refractivity (Wildman–Crippen MR) is 88.1 cm³/mol. The Kier molecular flexibility index (Phi) is 3.67. The fourth-order valence-electron chi connectivity index (χ4n) is 3.09. The summed E-state index contributed by atoms with van der Waals surface area (Å²) in [5.41, 5.74) is 2.73. The smallest absolute Gasteiger partial charge is 0.154 e. The first kappa shape index (κ1) is 14.1. The monoisotopic (exact) mass is 309 g/mol. The first-order chi connectivity index (χ1) is 11.3. The molecule has 6 nitrogen and oxygen atoms in total. The summed E-state index contributed by atoms with van der Waals surface area (Å²) in [5.74, 6) is 0.835. The summed E-state index contributed by atoms with van der Waals surface area (Å²) >= 11 is 0. The third kappa shape index (κ3) is 2.90. The van der Waals surface area contributed by atoms with Gasteiger partial charge in [-0.1, -0.05) is 0 Å². The zero-order valence-corrected chi connectivity index (χ0v) is 12.8. The van der Waals surface area contributed by atoms with Crippen LogP contribution in [0.5, 0.6) is 0 Å². The summed E-state index contributed by atoms with van der Waals surface area (Å²) in [7, 11) is 0. The van der Waals surface area contributed by atoms with Gasteiger partial charge >= 0.3 is 0 Å². The molecule has 3 aromatic rings. The highest BCUT2D eigenvalue weighted by Gasteiger charge is 2.19. The zero-order chi connectivity index (χ0) is 15.6. The molecule has 0 amide bonds. The van der Waals surface area contributed by atoms with Crippen molar-refractivity contribution in [2.45, 2.75) is 37.8 Å². The molecule has 118 valence electrons. The summed E-state index contributed by atoms with van der Waals surface area (Å²) in [6.07, 6.45) is 8.89. The summed E-state index contributed by atoms with van der Waals surface area (Å²) in [4.78, 5) is 8.57. The molecule has 0 bridgehead atoms. The first-order valence-electron chi connectivity index (χ1n) is 7.99. The maximum Gasteiger partial charge on any atom is 0.154 e. The summed E-state index contributed by atoms with van der Waals surface area (Å²) in [5, 5.41) is 17.8. The van der Waals surface area contributed by atoms with Crippen LogP contribution in [0.4, 0.5) is 5.82 Å². The van der Waals surface area contributed by atoms with Gasteiger partial charge in [0.2, 0.25) is 0 Å². The molecule has 2 N–H and O–H groups in total. The average Bonchev–Trinajstić information content (AvgIpc) is 3.01. The quantitative estimate of drug-likeness (QED) is 0.777. The van der Waals surface area contributed by atoms with E-state index in [0.717, 1.165) is 48.4 Å². The molecule has 3 heterocycles. The molecule has 0 saturated heterocycles. The van der Waals surface area contributed by atoms with Crippen LogP contribution in [0.3, 0.4) is 0 Å². The number of fused-ring (bicyclic) bond motifs is 1. The average molecular weight is 309 g/mol. The highest BCUT2D eigenvalue weighted by molar-refractivity contribution is 5.62. The van der Waals surface area contributed by atoms with Crippen molar-refractivity contribution in [1.82, 2.24) is 19.6 Å². The van der Waals surface area contributed by atoms with E-state index in [9.17, 15) is 5.11 Å². The highest BCUT2D eigenvalue weighted by Crippen LogP contribution is 2.23. The molecular weight excluding hydrogens is 290 g/mol. The molecular formula is C17H19N5O. The lowest BCUT2D eigenvalue weighted by molar-refractivity contribution is 0.126. The number of aromatic nitrogens is 4. The molecule has 1 aliphatic rings. The Morgan fingerprint density at radius 1 is 1.09 bits per heavy atom. The number of nitrogens with one attached hydrogen (secondary N) is 1. The number of hydrogen-bond donors (Lipinski definition) is 2. The maximum atomic E-state index is 9.61. The van der Waals surface area contributed by atoms with E-state index in [0.29, 0.717) is 6.04 Å². The first-order valence-corrected chi connectivity index (χ1v) is 7.99. The third-order valence-corrected chi connectivity index (χ3v) is 4.37. The molecule has 0 aliphatic heterocycles. The molecule has 0 aromatic carbocycles. The van der Waals surface area contributed by atoms with Crippen molar-refractivity contribution in [2.24, 2.45) is 0 Å². The van der Waals surface area contributed by atoms with Crippen molar-refractivity contribution in [1.29, 1.82) is 0 Å². The largest absolute Gasteiger partial charge is 0.393 e. The third-order valence-electron chi connectivity index (χ3n) is 4.37. The van der Waals surface area contributed by atoms with Crippen LogP contribution in [0.1, 0.15) is 25.7 Å². The van der Waals surface area contributed by atoms with Crippen LogP contribution in [0, 0.1) is 0 Å². The van der Waals surface area contributed by atoms with Crippen molar-refractivity contribution >= 4 is 11.5 Å². The van der Waals surface area contributed by atoms with Gasteiger partial charge in [-0.2, -0.15) is 0 Å². The summed E-state index contributed by atoms with van der Waals surface area (Å²) < 4.78 is 1.84.